The minimum absolute atomic E-state index is 0.193. The van der Waals surface area contributed by atoms with Crippen LogP contribution >= 0.6 is 0 Å². The largest absolute Gasteiger partial charge is 0.358 e. The fourth-order valence-electron chi connectivity index (χ4n) is 0.500. The first kappa shape index (κ1) is 8.43. The molecule has 0 radical (unpaired) electrons. The van der Waals surface area contributed by atoms with E-state index in [0.29, 0.717) is 6.42 Å². The number of hydrogen-bond donors (Lipinski definition) is 1. The van der Waals surface area contributed by atoms with Crippen LogP contribution in [0.4, 0.5) is 0 Å². The number of nitrogens with zero attached hydrogens (tertiary/aromatic N) is 1. The fraction of sp³-hybridized carbons (Fsp3) is 0.833. The van der Waals surface area contributed by atoms with E-state index in [1.54, 1.807) is 19.0 Å². The van der Waals surface area contributed by atoms with Crippen LogP contribution in [0.15, 0.2) is 0 Å². The first-order valence-corrected chi connectivity index (χ1v) is 3.18. The Labute approximate surface area is 55.8 Å². The van der Waals surface area contributed by atoms with Crippen molar-refractivity contribution in [1.82, 2.24) is 4.90 Å². The topological polar surface area (TPSA) is 48.0 Å². The first-order chi connectivity index (χ1) is 4.18. The number of hydrogen-bond acceptors (Lipinski definition) is 1. The smallest absolute Gasteiger partial charge is 0.222 e. The van der Waals surface area contributed by atoms with Crippen molar-refractivity contribution in [1.29, 1.82) is 0 Å². The predicted molar refractivity (Wildman–Crippen MR) is 35.7 cm³/mol. The van der Waals surface area contributed by atoms with E-state index >= 15 is 0 Å². The van der Waals surface area contributed by atoms with Gasteiger partial charge in [-0.2, -0.15) is 0 Å². The Morgan fingerprint density at radius 3 is 2.44 bits per heavy atom. The highest BCUT2D eigenvalue weighted by Crippen LogP contribution is 1.89. The average Bonchev–Trinajstić information content (AvgIpc) is 1.82. The maximum Gasteiger partial charge on any atom is 0.222 e. The standard InChI is InChI=1S/C6H14N2O/c1-8(2)6(9)4-3-5-7/h3-5,7H2,1-2H3/p+1. The van der Waals surface area contributed by atoms with Crippen LogP contribution in [0.25, 0.3) is 0 Å². The molecular weight excluding hydrogens is 116 g/mol. The van der Waals surface area contributed by atoms with Crippen LogP contribution in [0.2, 0.25) is 0 Å². The third-order valence-electron chi connectivity index (χ3n) is 1.14. The maximum atomic E-state index is 10.8. The Bertz CT molecular complexity index is 91.1. The van der Waals surface area contributed by atoms with Crippen LogP contribution in [0.1, 0.15) is 12.8 Å². The van der Waals surface area contributed by atoms with E-state index in [1.807, 2.05) is 0 Å². The molecule has 0 aromatic rings. The highest BCUT2D eigenvalue weighted by Gasteiger charge is 2.01. The van der Waals surface area contributed by atoms with E-state index in [-0.39, 0.29) is 5.91 Å². The van der Waals surface area contributed by atoms with Gasteiger partial charge in [0.25, 0.3) is 0 Å². The van der Waals surface area contributed by atoms with Crippen molar-refractivity contribution in [3.63, 3.8) is 0 Å². The molecule has 0 aliphatic rings. The lowest BCUT2D eigenvalue weighted by atomic mass is 10.3. The van der Waals surface area contributed by atoms with Crippen LogP contribution in [0.5, 0.6) is 0 Å². The summed E-state index contributed by atoms with van der Waals surface area (Å²) in [4.78, 5) is 12.4. The molecule has 0 aromatic heterocycles. The van der Waals surface area contributed by atoms with Gasteiger partial charge in [-0.25, -0.2) is 0 Å². The number of quaternary nitrogens is 1. The van der Waals surface area contributed by atoms with E-state index in [4.69, 9.17) is 0 Å². The van der Waals surface area contributed by atoms with Gasteiger partial charge >= 0.3 is 0 Å². The maximum absolute atomic E-state index is 10.8. The van der Waals surface area contributed by atoms with Gasteiger partial charge in [-0.15, -0.1) is 0 Å². The molecule has 0 saturated carbocycles. The summed E-state index contributed by atoms with van der Waals surface area (Å²) in [7, 11) is 3.54. The second-order valence-corrected chi connectivity index (χ2v) is 2.25. The molecule has 0 aliphatic carbocycles. The number of amides is 1. The van der Waals surface area contributed by atoms with Gasteiger partial charge in [0.2, 0.25) is 5.91 Å². The van der Waals surface area contributed by atoms with Gasteiger partial charge in [0.1, 0.15) is 0 Å². The van der Waals surface area contributed by atoms with Gasteiger partial charge in [0.15, 0.2) is 0 Å². The minimum atomic E-state index is 0.193. The minimum Gasteiger partial charge on any atom is -0.358 e. The Morgan fingerprint density at radius 1 is 1.56 bits per heavy atom. The van der Waals surface area contributed by atoms with Crippen molar-refractivity contribution < 1.29 is 10.5 Å². The lowest BCUT2D eigenvalue weighted by molar-refractivity contribution is -0.368. The summed E-state index contributed by atoms with van der Waals surface area (Å²) >= 11 is 0. The fourth-order valence-corrected chi connectivity index (χ4v) is 0.500. The van der Waals surface area contributed by atoms with E-state index in [1.165, 1.54) is 0 Å². The summed E-state index contributed by atoms with van der Waals surface area (Å²) < 4.78 is 0. The van der Waals surface area contributed by atoms with E-state index < -0.39 is 0 Å². The SMILES string of the molecule is CN(C)C(=O)CCC[NH3+]. The predicted octanol–water partition coefficient (Wildman–Crippen LogP) is -0.903. The Balaban J connectivity index is 3.28. The number of carbonyl (C=O) groups is 1. The number of rotatable bonds is 3. The summed E-state index contributed by atoms with van der Waals surface area (Å²) in [6, 6.07) is 0. The highest BCUT2D eigenvalue weighted by molar-refractivity contribution is 5.75. The van der Waals surface area contributed by atoms with Crippen molar-refractivity contribution in [3.05, 3.63) is 0 Å². The van der Waals surface area contributed by atoms with Crippen LogP contribution < -0.4 is 5.73 Å². The van der Waals surface area contributed by atoms with Crippen molar-refractivity contribution in [2.75, 3.05) is 20.6 Å². The molecule has 0 aromatic carbocycles. The molecule has 0 atom stereocenters. The van der Waals surface area contributed by atoms with Gasteiger partial charge in [-0.05, 0) is 0 Å². The van der Waals surface area contributed by atoms with Crippen molar-refractivity contribution in [3.8, 4) is 0 Å². The number of carbonyl (C=O) groups excluding carboxylic acids is 1. The molecular formula is C6H15N2O+. The van der Waals surface area contributed by atoms with Gasteiger partial charge in [0.05, 0.1) is 6.54 Å². The zero-order valence-corrected chi connectivity index (χ0v) is 6.18. The lowest BCUT2D eigenvalue weighted by Crippen LogP contribution is -2.50. The van der Waals surface area contributed by atoms with Crippen LogP contribution in [-0.2, 0) is 4.79 Å². The van der Waals surface area contributed by atoms with Crippen molar-refractivity contribution >= 4 is 5.91 Å². The third kappa shape index (κ3) is 3.97. The highest BCUT2D eigenvalue weighted by atomic mass is 16.2. The summed E-state index contributed by atoms with van der Waals surface area (Å²) in [5.41, 5.74) is 3.65. The molecule has 0 aliphatic heterocycles. The summed E-state index contributed by atoms with van der Waals surface area (Å²) in [5.74, 6) is 0.193. The van der Waals surface area contributed by atoms with Crippen LogP contribution in [-0.4, -0.2) is 31.4 Å². The van der Waals surface area contributed by atoms with Gasteiger partial charge in [-0.3, -0.25) is 4.79 Å². The van der Waals surface area contributed by atoms with Crippen molar-refractivity contribution in [2.24, 2.45) is 0 Å². The van der Waals surface area contributed by atoms with Crippen LogP contribution in [0, 0.1) is 0 Å². The molecule has 0 saturated heterocycles. The molecule has 0 heterocycles. The molecule has 3 N–H and O–H groups in total. The van der Waals surface area contributed by atoms with Gasteiger partial charge in [0, 0.05) is 26.9 Å². The van der Waals surface area contributed by atoms with E-state index in [0.717, 1.165) is 13.0 Å². The Kier molecular flexibility index (Phi) is 4.05. The average molecular weight is 131 g/mol. The van der Waals surface area contributed by atoms with Gasteiger partial charge in [-0.1, -0.05) is 0 Å². The quantitative estimate of drug-likeness (QED) is 0.530. The molecule has 0 fully saturated rings. The van der Waals surface area contributed by atoms with Crippen LogP contribution in [0.3, 0.4) is 0 Å². The molecule has 1 amide bonds. The van der Waals surface area contributed by atoms with Crippen molar-refractivity contribution in [2.45, 2.75) is 12.8 Å². The second kappa shape index (κ2) is 4.32. The zero-order valence-electron chi connectivity index (χ0n) is 6.18. The lowest BCUT2D eigenvalue weighted by Gasteiger charge is -2.07. The molecule has 3 nitrogen and oxygen atoms in total. The summed E-state index contributed by atoms with van der Waals surface area (Å²) in [6.45, 7) is 0.847. The molecule has 54 valence electrons. The van der Waals surface area contributed by atoms with E-state index in [2.05, 4.69) is 5.73 Å². The molecule has 0 rings (SSSR count). The Hall–Kier alpha value is -0.570. The first-order valence-electron chi connectivity index (χ1n) is 3.18. The monoisotopic (exact) mass is 131 g/mol. The second-order valence-electron chi connectivity index (χ2n) is 2.25. The normalized spacial score (nSPS) is 9.22. The van der Waals surface area contributed by atoms with Gasteiger partial charge < -0.3 is 10.6 Å². The third-order valence-corrected chi connectivity index (χ3v) is 1.14. The molecule has 0 spiro atoms. The Morgan fingerprint density at radius 2 is 2.11 bits per heavy atom. The molecule has 0 unspecified atom stereocenters. The molecule has 3 heteroatoms. The molecule has 0 bridgehead atoms. The summed E-state index contributed by atoms with van der Waals surface area (Å²) in [6.07, 6.45) is 1.54. The summed E-state index contributed by atoms with van der Waals surface area (Å²) in [5, 5.41) is 0. The molecule has 9 heavy (non-hydrogen) atoms. The van der Waals surface area contributed by atoms with E-state index in [9.17, 15) is 4.79 Å². The zero-order chi connectivity index (χ0) is 7.28.